The van der Waals surface area contributed by atoms with Gasteiger partial charge in [-0.15, -0.1) is 0 Å². The first-order valence-corrected chi connectivity index (χ1v) is 12.3. The van der Waals surface area contributed by atoms with Crippen molar-refractivity contribution >= 4 is 15.9 Å². The topological polar surface area (TPSA) is 66.5 Å². The van der Waals surface area contributed by atoms with E-state index in [4.69, 9.17) is 0 Å². The molecular weight excluding hydrogens is 396 g/mol. The minimum atomic E-state index is -3.59. The summed E-state index contributed by atoms with van der Waals surface area (Å²) in [4.78, 5) is 13.2. The van der Waals surface area contributed by atoms with Gasteiger partial charge in [0.05, 0.1) is 10.9 Å². The molecular formula is C24H32N2O3S. The van der Waals surface area contributed by atoms with Gasteiger partial charge in [-0.2, -0.15) is 4.31 Å². The molecule has 0 spiro atoms. The van der Waals surface area contributed by atoms with Gasteiger partial charge < -0.3 is 5.32 Å². The Labute approximate surface area is 180 Å². The maximum atomic E-state index is 13.1. The van der Waals surface area contributed by atoms with Crippen molar-refractivity contribution in [3.05, 3.63) is 64.7 Å². The fourth-order valence-corrected chi connectivity index (χ4v) is 5.38. The van der Waals surface area contributed by atoms with E-state index in [1.807, 2.05) is 26.0 Å². The molecule has 1 aliphatic heterocycles. The number of benzene rings is 2. The summed E-state index contributed by atoms with van der Waals surface area (Å²) in [7, 11) is -3.59. The van der Waals surface area contributed by atoms with E-state index >= 15 is 0 Å². The van der Waals surface area contributed by atoms with Crippen molar-refractivity contribution in [3.63, 3.8) is 0 Å². The summed E-state index contributed by atoms with van der Waals surface area (Å²) in [6.07, 6.45) is 4.85. The molecule has 30 heavy (non-hydrogen) atoms. The van der Waals surface area contributed by atoms with Gasteiger partial charge in [0.15, 0.2) is 0 Å². The fraction of sp³-hybridized carbons (Fsp3) is 0.458. The van der Waals surface area contributed by atoms with Crippen molar-refractivity contribution in [3.8, 4) is 0 Å². The molecule has 6 heteroatoms. The molecule has 0 saturated carbocycles. The normalized spacial score (nSPS) is 16.6. The highest BCUT2D eigenvalue weighted by atomic mass is 32.2. The third kappa shape index (κ3) is 5.10. The van der Waals surface area contributed by atoms with Crippen molar-refractivity contribution in [1.82, 2.24) is 9.62 Å². The van der Waals surface area contributed by atoms with Crippen LogP contribution in [0.5, 0.6) is 0 Å². The molecule has 0 aliphatic carbocycles. The largest absolute Gasteiger partial charge is 0.346 e. The number of sulfonamides is 1. The molecule has 2 aromatic carbocycles. The Hall–Kier alpha value is -2.18. The minimum absolute atomic E-state index is 0.173. The molecule has 0 unspecified atom stereocenters. The molecule has 1 atom stereocenters. The molecule has 162 valence electrons. The molecule has 1 heterocycles. The Balaban J connectivity index is 1.80. The summed E-state index contributed by atoms with van der Waals surface area (Å²) >= 11 is 0. The van der Waals surface area contributed by atoms with E-state index in [1.54, 1.807) is 16.4 Å². The Morgan fingerprint density at radius 1 is 1.03 bits per heavy atom. The Morgan fingerprint density at radius 3 is 2.27 bits per heavy atom. The summed E-state index contributed by atoms with van der Waals surface area (Å²) in [5.41, 5.74) is 3.44. The molecule has 5 nitrogen and oxygen atoms in total. The highest BCUT2D eigenvalue weighted by Gasteiger charge is 2.26. The molecule has 1 fully saturated rings. The van der Waals surface area contributed by atoms with Crippen LogP contribution in [0.1, 0.15) is 72.6 Å². The molecule has 2 aromatic rings. The quantitative estimate of drug-likeness (QED) is 0.730. The van der Waals surface area contributed by atoms with Gasteiger partial charge in [0.1, 0.15) is 0 Å². The molecule has 0 bridgehead atoms. The number of amides is 1. The van der Waals surface area contributed by atoms with Gasteiger partial charge in [0.2, 0.25) is 10.0 Å². The first-order chi connectivity index (χ1) is 14.3. The third-order valence-corrected chi connectivity index (χ3v) is 7.79. The highest BCUT2D eigenvalue weighted by Crippen LogP contribution is 2.23. The lowest BCUT2D eigenvalue weighted by Crippen LogP contribution is -2.32. The predicted octanol–water partition coefficient (Wildman–Crippen LogP) is 4.61. The van der Waals surface area contributed by atoms with E-state index in [2.05, 4.69) is 24.4 Å². The van der Waals surface area contributed by atoms with Gasteiger partial charge in [-0.05, 0) is 61.9 Å². The van der Waals surface area contributed by atoms with E-state index < -0.39 is 10.0 Å². The first kappa shape index (κ1) is 22.5. The number of aryl methyl sites for hydroxylation is 2. The van der Waals surface area contributed by atoms with E-state index in [0.29, 0.717) is 18.7 Å². The van der Waals surface area contributed by atoms with Crippen LogP contribution in [-0.2, 0) is 16.4 Å². The standard InChI is InChI=1S/C24H32N2O3S/c1-4-20-10-12-21(13-11-20)19(3)25-24(27)23-17-22(14-9-18(23)2)30(28,29)26-15-7-5-6-8-16-26/h9-14,17,19H,4-8,15-16H2,1-3H3,(H,25,27)/t19-/m0/s1. The third-order valence-electron chi connectivity index (χ3n) is 5.89. The van der Waals surface area contributed by atoms with Crippen LogP contribution >= 0.6 is 0 Å². The second-order valence-corrected chi connectivity index (χ2v) is 10.0. The second kappa shape index (κ2) is 9.75. The number of nitrogens with one attached hydrogen (secondary N) is 1. The summed E-state index contributed by atoms with van der Waals surface area (Å²) in [6.45, 7) is 6.96. The lowest BCUT2D eigenvalue weighted by atomic mass is 10.0. The molecule has 0 radical (unpaired) electrons. The minimum Gasteiger partial charge on any atom is -0.346 e. The molecule has 0 aromatic heterocycles. The molecule has 3 rings (SSSR count). The van der Waals surface area contributed by atoms with Gasteiger partial charge in [-0.1, -0.05) is 50.1 Å². The van der Waals surface area contributed by atoms with E-state index in [0.717, 1.165) is 43.2 Å². The average Bonchev–Trinajstić information content (AvgIpc) is 3.04. The summed E-state index contributed by atoms with van der Waals surface area (Å²) in [5, 5.41) is 3.01. The van der Waals surface area contributed by atoms with Crippen LogP contribution < -0.4 is 5.32 Å². The van der Waals surface area contributed by atoms with Crippen LogP contribution in [0.4, 0.5) is 0 Å². The van der Waals surface area contributed by atoms with Crippen LogP contribution in [0.25, 0.3) is 0 Å². The molecule has 1 N–H and O–H groups in total. The summed E-state index contributed by atoms with van der Waals surface area (Å²) in [6, 6.07) is 12.9. The van der Waals surface area contributed by atoms with Crippen LogP contribution in [0.2, 0.25) is 0 Å². The Bertz CT molecular complexity index is 976. The van der Waals surface area contributed by atoms with Crippen molar-refractivity contribution in [1.29, 1.82) is 0 Å². The zero-order valence-corrected chi connectivity index (χ0v) is 19.0. The van der Waals surface area contributed by atoms with Crippen molar-refractivity contribution in [2.45, 2.75) is 63.8 Å². The summed E-state index contributed by atoms with van der Waals surface area (Å²) in [5.74, 6) is -0.257. The monoisotopic (exact) mass is 428 g/mol. The number of carbonyl (C=O) groups is 1. The van der Waals surface area contributed by atoms with Gasteiger partial charge in [-0.25, -0.2) is 8.42 Å². The SMILES string of the molecule is CCc1ccc([C@H](C)NC(=O)c2cc(S(=O)(=O)N3CCCCCC3)ccc2C)cc1. The van der Waals surface area contributed by atoms with Crippen LogP contribution in [0.3, 0.4) is 0 Å². The fourth-order valence-electron chi connectivity index (χ4n) is 3.84. The maximum absolute atomic E-state index is 13.1. The van der Waals surface area contributed by atoms with Crippen LogP contribution in [-0.4, -0.2) is 31.7 Å². The number of nitrogens with zero attached hydrogens (tertiary/aromatic N) is 1. The predicted molar refractivity (Wildman–Crippen MR) is 120 cm³/mol. The van der Waals surface area contributed by atoms with Gasteiger partial charge in [0, 0.05) is 18.7 Å². The molecule has 1 saturated heterocycles. The smallest absolute Gasteiger partial charge is 0.252 e. The number of carbonyl (C=O) groups excluding carboxylic acids is 1. The average molecular weight is 429 g/mol. The number of rotatable bonds is 6. The van der Waals surface area contributed by atoms with E-state index in [9.17, 15) is 13.2 Å². The Morgan fingerprint density at radius 2 is 1.67 bits per heavy atom. The zero-order valence-electron chi connectivity index (χ0n) is 18.1. The van der Waals surface area contributed by atoms with E-state index in [-0.39, 0.29) is 16.8 Å². The molecule has 1 amide bonds. The van der Waals surface area contributed by atoms with Gasteiger partial charge in [-0.3, -0.25) is 4.79 Å². The Kier molecular flexibility index (Phi) is 7.32. The lowest BCUT2D eigenvalue weighted by molar-refractivity contribution is 0.0939. The van der Waals surface area contributed by atoms with Crippen molar-refractivity contribution < 1.29 is 13.2 Å². The second-order valence-electron chi connectivity index (χ2n) is 8.09. The zero-order chi connectivity index (χ0) is 21.7. The summed E-state index contributed by atoms with van der Waals surface area (Å²) < 4.78 is 27.8. The van der Waals surface area contributed by atoms with Crippen molar-refractivity contribution in [2.24, 2.45) is 0 Å². The highest BCUT2D eigenvalue weighted by molar-refractivity contribution is 7.89. The molecule has 1 aliphatic rings. The van der Waals surface area contributed by atoms with E-state index in [1.165, 1.54) is 11.6 Å². The number of hydrogen-bond donors (Lipinski definition) is 1. The van der Waals surface area contributed by atoms with Crippen LogP contribution in [0.15, 0.2) is 47.4 Å². The van der Waals surface area contributed by atoms with Crippen LogP contribution in [0, 0.1) is 6.92 Å². The number of hydrogen-bond acceptors (Lipinski definition) is 3. The van der Waals surface area contributed by atoms with Crippen molar-refractivity contribution in [2.75, 3.05) is 13.1 Å². The maximum Gasteiger partial charge on any atom is 0.252 e. The lowest BCUT2D eigenvalue weighted by Gasteiger charge is -2.21. The first-order valence-electron chi connectivity index (χ1n) is 10.8. The van der Waals surface area contributed by atoms with Gasteiger partial charge >= 0.3 is 0 Å². The van der Waals surface area contributed by atoms with Gasteiger partial charge in [0.25, 0.3) is 5.91 Å².